The molecule has 680 valence electrons. The van der Waals surface area contributed by atoms with Crippen molar-refractivity contribution in [2.75, 3.05) is 53.7 Å². The van der Waals surface area contributed by atoms with Gasteiger partial charge in [0.25, 0.3) is 37.5 Å². The standard InChI is InChI=1S/C33H37BrN4O6S.C30H32BrN3O7S2.C29H29BrN4O6S/c1-20-9-11-26(12-10-20)45(41,42)37-36-24-13-21(2)33-16-25(19-39)38(32(40)35-17-22-7-5-4-6-8-22)18-23-14-27(43-3)30(34)31(29(23)33)44-28(33)15-24;1-17-11-19(32-33-43(37,38)22-8-6-21(39-2)7-9-22)13-25-30(17)14-20(16-35)34(29(36)24-5-4-10-42-24)15-18-12-23(40-3)27(31)28(41-25)26(18)30;1-16-10-19(32-31-18-5-7-20(8-6-18)34(37)38)12-24-29(16)13-21(15-35)33(28(36)23-4-3-9-41-23)14-17-11-22(39-2)26(30)27(40-24)25(17)29/h4-12,14,21,25,28,37,39H,13,15-19H2,1-3H3,(H,35,40);4-10,12,17,20,25,33,35H,11,13-16H2,1-3H3;3-9,11,16,21,24,31,35H,10,12-15H2,1-2H3/t21-,25+,28-,33+;17-,20+,25-,30+;16-,21+,24-,29+/m111/s1. The van der Waals surface area contributed by atoms with Gasteiger partial charge in [0, 0.05) is 108 Å². The van der Waals surface area contributed by atoms with Gasteiger partial charge in [-0.05, 0) is 223 Å². The molecule has 3 fully saturated rings. The smallest absolute Gasteiger partial charge is 0.318 e. The fourth-order valence-electron chi connectivity index (χ4n) is 20.6. The molecule has 129 heavy (non-hydrogen) atoms. The van der Waals surface area contributed by atoms with E-state index in [0.29, 0.717) is 148 Å². The number of hydrogen-bond acceptors (Lipinski definition) is 25. The van der Waals surface area contributed by atoms with Gasteiger partial charge in [0.05, 0.1) is 96.5 Å². The third-order valence-electron chi connectivity index (χ3n) is 26.9. The van der Waals surface area contributed by atoms with Gasteiger partial charge < -0.3 is 68.5 Å². The number of benzene rings is 7. The summed E-state index contributed by atoms with van der Waals surface area (Å²) in [6.07, 6.45) is 3.42. The fourth-order valence-corrected chi connectivity index (χ4v) is 25.3. The number of nitro benzene ring substituents is 1. The molecule has 30 nitrogen and oxygen atoms in total. The highest BCUT2D eigenvalue weighted by Gasteiger charge is 2.63. The number of ether oxygens (including phenoxy) is 7. The van der Waals surface area contributed by atoms with Crippen molar-refractivity contribution in [3.8, 4) is 40.2 Å². The number of rotatable bonds is 20. The van der Waals surface area contributed by atoms with Crippen LogP contribution in [0.2, 0.25) is 0 Å². The maximum Gasteiger partial charge on any atom is 0.318 e. The number of thiophene rings is 2. The lowest BCUT2D eigenvalue weighted by molar-refractivity contribution is -0.384. The molecule has 7 N–H and O–H groups in total. The highest BCUT2D eigenvalue weighted by molar-refractivity contribution is 9.11. The number of aliphatic hydroxyl groups excluding tert-OH is 3. The van der Waals surface area contributed by atoms with Gasteiger partial charge in [0.1, 0.15) is 72.0 Å². The Hall–Kier alpha value is -10.2. The van der Waals surface area contributed by atoms with Crippen LogP contribution in [0, 0.1) is 34.8 Å². The first kappa shape index (κ1) is 92.1. The number of aliphatic hydroxyl groups is 3. The molecule has 0 radical (unpaired) electrons. The third kappa shape index (κ3) is 17.2. The predicted octanol–water partition coefficient (Wildman–Crippen LogP) is 15.4. The summed E-state index contributed by atoms with van der Waals surface area (Å²) in [4.78, 5) is 63.2. The molecule has 4 amide bonds. The van der Waals surface area contributed by atoms with Gasteiger partial charge in [-0.25, -0.2) is 14.5 Å². The number of anilines is 1. The highest BCUT2D eigenvalue weighted by Crippen LogP contribution is 2.65. The molecule has 9 aromatic rings. The molecule has 3 aliphatic carbocycles. The Morgan fingerprint density at radius 1 is 0.519 bits per heavy atom. The fraction of sp³-hybridized carbons (Fsp3) is 0.391. The summed E-state index contributed by atoms with van der Waals surface area (Å²) in [6.45, 7) is 8.95. The SMILES string of the molecule is COc1cc2c3c(c1Br)O[C@@H]1CC(=NNS(=O)(=O)c4ccc(C)cc4)C[C@@H](C)[C@]31C[C@@H](CO)N(C(=O)NCc1ccccc1)C2.COc1cc2c3c(c1Br)O[C@@H]1CC(=NNc4ccc([N+](=O)[O-])cc4)C[C@@H](C)[C@]31C[C@@H](CO)N(C(=O)c1cccs1)C2.COc1ccc(S(=O)(=O)NN=C2C[C@@H](C)[C@]34C[C@@H](CO)N(C(=O)c5cccs5)Cc5cc(OC)c(Br)c(c53)O[C@@H]4C2)cc1. The average Bonchev–Trinajstić information content (AvgIpc) is 1.55. The Labute approximate surface area is 780 Å². The van der Waals surface area contributed by atoms with E-state index in [4.69, 9.17) is 33.2 Å². The number of nitrogens with zero attached hydrogens (tertiary/aromatic N) is 7. The maximum atomic E-state index is 13.7. The molecule has 9 aliphatic rings. The molecule has 6 aliphatic heterocycles. The van der Waals surface area contributed by atoms with Gasteiger partial charge in [-0.15, -0.1) is 22.7 Å². The zero-order valence-electron chi connectivity index (χ0n) is 71.8. The van der Waals surface area contributed by atoms with E-state index in [1.165, 1.54) is 54.0 Å². The largest absolute Gasteiger partial charge is 0.497 e. The van der Waals surface area contributed by atoms with E-state index in [1.54, 1.807) is 90.6 Å². The van der Waals surface area contributed by atoms with Crippen molar-refractivity contribution < 1.29 is 84.6 Å². The molecule has 37 heteroatoms. The predicted molar refractivity (Wildman–Crippen MR) is 498 cm³/mol. The number of urea groups is 1. The van der Waals surface area contributed by atoms with Crippen molar-refractivity contribution in [2.45, 2.75) is 174 Å². The lowest BCUT2D eigenvalue weighted by atomic mass is 9.59. The van der Waals surface area contributed by atoms with Crippen LogP contribution in [0.5, 0.6) is 40.2 Å². The van der Waals surface area contributed by atoms with E-state index >= 15 is 0 Å². The molecule has 3 saturated carbocycles. The van der Waals surface area contributed by atoms with Gasteiger partial charge in [0.2, 0.25) is 0 Å². The molecule has 0 unspecified atom stereocenters. The number of hydrogen-bond donors (Lipinski definition) is 7. The third-order valence-corrected chi connectivity index (χ3v) is 33.3. The minimum atomic E-state index is -3.90. The maximum absolute atomic E-state index is 13.7. The Morgan fingerprint density at radius 3 is 1.28 bits per heavy atom. The number of non-ortho nitro benzene ring substituents is 1. The number of aryl methyl sites for hydroxylation is 1. The summed E-state index contributed by atoms with van der Waals surface area (Å²) < 4.78 is 96.4. The molecular formula is C92H98Br3N11O19S4. The number of methoxy groups -OCH3 is 4. The van der Waals surface area contributed by atoms with Crippen LogP contribution in [-0.4, -0.2) is 171 Å². The minimum absolute atomic E-state index is 0.0174. The lowest BCUT2D eigenvalue weighted by Crippen LogP contribution is -2.54. The summed E-state index contributed by atoms with van der Waals surface area (Å²) >= 11 is 13.9. The summed E-state index contributed by atoms with van der Waals surface area (Å²) in [6, 6.07) is 40.1. The summed E-state index contributed by atoms with van der Waals surface area (Å²) in [5.41, 5.74) is 12.2. The number of carbonyl (C=O) groups is 3. The van der Waals surface area contributed by atoms with E-state index in [0.717, 1.165) is 60.4 Å². The molecule has 8 heterocycles. The Bertz CT molecular complexity index is 6110. The van der Waals surface area contributed by atoms with Crippen LogP contribution in [0.1, 0.15) is 142 Å². The van der Waals surface area contributed by atoms with Crippen LogP contribution in [-0.2, 0) is 62.5 Å². The zero-order chi connectivity index (χ0) is 91.3. The topological polar surface area (TPSA) is 383 Å². The average molecular weight is 2030 g/mol. The second-order valence-electron chi connectivity index (χ2n) is 34.0. The Morgan fingerprint density at radius 2 is 0.907 bits per heavy atom. The van der Waals surface area contributed by atoms with Crippen LogP contribution >= 0.6 is 70.5 Å². The normalized spacial score (nSPS) is 25.2. The van der Waals surface area contributed by atoms with Crippen molar-refractivity contribution in [1.29, 1.82) is 0 Å². The van der Waals surface area contributed by atoms with Crippen LogP contribution in [0.4, 0.5) is 16.2 Å². The summed E-state index contributed by atoms with van der Waals surface area (Å²) in [7, 11) is -1.46. The molecule has 0 bridgehead atoms. The quantitative estimate of drug-likeness (QED) is 0.0275. The molecule has 7 aromatic carbocycles. The number of halogens is 3. The van der Waals surface area contributed by atoms with Crippen molar-refractivity contribution in [3.63, 3.8) is 0 Å². The minimum Gasteiger partial charge on any atom is -0.497 e. The number of nitro groups is 1. The van der Waals surface area contributed by atoms with Crippen LogP contribution < -0.4 is 53.6 Å². The second kappa shape index (κ2) is 37.6. The number of hydrazone groups is 3. The van der Waals surface area contributed by atoms with Crippen LogP contribution in [0.3, 0.4) is 0 Å². The van der Waals surface area contributed by atoms with Crippen LogP contribution in [0.25, 0.3) is 0 Å². The second-order valence-corrected chi connectivity index (χ2v) is 41.6. The number of amides is 4. The van der Waals surface area contributed by atoms with Crippen molar-refractivity contribution in [2.24, 2.45) is 33.1 Å². The first-order chi connectivity index (χ1) is 61.9. The van der Waals surface area contributed by atoms with E-state index in [2.05, 4.69) is 104 Å². The summed E-state index contributed by atoms with van der Waals surface area (Å²) in [5, 5.41) is 63.2. The van der Waals surface area contributed by atoms with Gasteiger partial charge >= 0.3 is 6.03 Å². The van der Waals surface area contributed by atoms with Gasteiger partial charge in [-0.3, -0.25) is 25.1 Å². The molecule has 2 aromatic heterocycles. The van der Waals surface area contributed by atoms with E-state index in [-0.39, 0.29) is 83.5 Å². The number of nitrogens with one attached hydrogen (secondary N) is 4. The molecule has 18 rings (SSSR count). The van der Waals surface area contributed by atoms with Crippen molar-refractivity contribution in [3.05, 3.63) is 234 Å². The number of sulfonamides is 2. The first-order valence-corrected chi connectivity index (χ1v) is 49.3. The Balaban J connectivity index is 0.000000142. The van der Waals surface area contributed by atoms with Crippen molar-refractivity contribution in [1.82, 2.24) is 29.7 Å². The van der Waals surface area contributed by atoms with E-state index in [1.807, 2.05) is 84.4 Å². The lowest BCUT2D eigenvalue weighted by Gasteiger charge is -2.45. The molecule has 3 spiro atoms. The molecule has 0 saturated heterocycles. The zero-order valence-corrected chi connectivity index (χ0v) is 79.8. The first-order valence-electron chi connectivity index (χ1n) is 42.2. The number of carbonyl (C=O) groups excluding carboxylic acids is 3. The monoisotopic (exact) mass is 2030 g/mol. The Kier molecular flexibility index (Phi) is 26.8. The van der Waals surface area contributed by atoms with Crippen LogP contribution in [0.15, 0.2) is 195 Å². The molecular weight excluding hydrogens is 1930 g/mol. The van der Waals surface area contributed by atoms with E-state index < -0.39 is 71.5 Å². The van der Waals surface area contributed by atoms with E-state index in [9.17, 15) is 56.7 Å². The van der Waals surface area contributed by atoms with Gasteiger partial charge in [-0.2, -0.15) is 32.1 Å². The molecule has 12 atom stereocenters. The van der Waals surface area contributed by atoms with Crippen molar-refractivity contribution >= 4 is 137 Å². The van der Waals surface area contributed by atoms with Gasteiger partial charge in [-0.1, -0.05) is 80.9 Å². The van der Waals surface area contributed by atoms with Gasteiger partial charge in [0.15, 0.2) is 0 Å². The summed E-state index contributed by atoms with van der Waals surface area (Å²) in [5.74, 6) is 4.13. The highest BCUT2D eigenvalue weighted by atomic mass is 79.9.